The first-order chi connectivity index (χ1) is 8.66. The number of pyridine rings is 1. The van der Waals surface area contributed by atoms with E-state index in [4.69, 9.17) is 5.11 Å². The summed E-state index contributed by atoms with van der Waals surface area (Å²) in [4.78, 5) is 15.4. The van der Waals surface area contributed by atoms with Crippen LogP contribution in [0.1, 0.15) is 40.4 Å². The molecule has 1 aliphatic rings. The third-order valence-electron chi connectivity index (χ3n) is 3.18. The predicted molar refractivity (Wildman–Crippen MR) is 65.0 cm³/mol. The molecule has 5 nitrogen and oxygen atoms in total. The highest BCUT2D eigenvalue weighted by molar-refractivity contribution is 5.88. The second-order valence-corrected chi connectivity index (χ2v) is 4.57. The molecular formula is C13H13N3O2. The summed E-state index contributed by atoms with van der Waals surface area (Å²) < 4.78 is 1.58. The van der Waals surface area contributed by atoms with Gasteiger partial charge >= 0.3 is 5.97 Å². The molecular weight excluding hydrogens is 230 g/mol. The molecule has 0 amide bonds. The van der Waals surface area contributed by atoms with Gasteiger partial charge in [0.25, 0.3) is 0 Å². The van der Waals surface area contributed by atoms with E-state index in [9.17, 15) is 4.79 Å². The van der Waals surface area contributed by atoms with Gasteiger partial charge in [-0.15, -0.1) is 0 Å². The average Bonchev–Trinajstić information content (AvgIpc) is 3.12. The van der Waals surface area contributed by atoms with E-state index in [2.05, 4.69) is 10.1 Å². The summed E-state index contributed by atoms with van der Waals surface area (Å²) in [6.45, 7) is 1.69. The summed E-state index contributed by atoms with van der Waals surface area (Å²) in [6, 6.07) is 3.95. The molecule has 2 aromatic heterocycles. The first-order valence-electron chi connectivity index (χ1n) is 5.91. The van der Waals surface area contributed by atoms with Gasteiger partial charge in [-0.05, 0) is 37.3 Å². The van der Waals surface area contributed by atoms with E-state index in [1.54, 1.807) is 17.8 Å². The zero-order valence-electron chi connectivity index (χ0n) is 10.00. The molecule has 0 aliphatic heterocycles. The van der Waals surface area contributed by atoms with Crippen molar-refractivity contribution in [1.29, 1.82) is 0 Å². The van der Waals surface area contributed by atoms with Gasteiger partial charge in [-0.3, -0.25) is 0 Å². The van der Waals surface area contributed by atoms with Gasteiger partial charge in [-0.25, -0.2) is 14.5 Å². The molecule has 0 atom stereocenters. The number of aromatic carboxylic acids is 1. The van der Waals surface area contributed by atoms with Crippen LogP contribution in [0.3, 0.4) is 0 Å². The van der Waals surface area contributed by atoms with Crippen LogP contribution in [0.15, 0.2) is 24.5 Å². The van der Waals surface area contributed by atoms with E-state index in [1.165, 1.54) is 19.0 Å². The molecule has 18 heavy (non-hydrogen) atoms. The minimum absolute atomic E-state index is 0.224. The van der Waals surface area contributed by atoms with Gasteiger partial charge in [-0.2, -0.15) is 5.10 Å². The van der Waals surface area contributed by atoms with Gasteiger partial charge in [-0.1, -0.05) is 6.07 Å². The van der Waals surface area contributed by atoms with Crippen molar-refractivity contribution in [2.45, 2.75) is 25.7 Å². The van der Waals surface area contributed by atoms with Crippen molar-refractivity contribution in [3.63, 3.8) is 0 Å². The van der Waals surface area contributed by atoms with Gasteiger partial charge in [0.1, 0.15) is 5.56 Å². The standard InChI is InChI=1S/C13H13N3O2/c1-8-11(13(17)18)7-16(15-8)12-10(9-4-5-9)3-2-6-14-12/h2-3,6-7,9H,4-5H2,1H3,(H,17,18). The van der Waals surface area contributed by atoms with Crippen molar-refractivity contribution in [3.05, 3.63) is 41.3 Å². The third-order valence-corrected chi connectivity index (χ3v) is 3.18. The number of rotatable bonds is 3. The fourth-order valence-corrected chi connectivity index (χ4v) is 2.09. The molecule has 0 saturated heterocycles. The summed E-state index contributed by atoms with van der Waals surface area (Å²) in [7, 11) is 0. The fraction of sp³-hybridized carbons (Fsp3) is 0.308. The van der Waals surface area contributed by atoms with E-state index < -0.39 is 5.97 Å². The number of carboxylic acids is 1. The van der Waals surface area contributed by atoms with Crippen LogP contribution in [0.25, 0.3) is 5.82 Å². The summed E-state index contributed by atoms with van der Waals surface area (Å²) in [5.74, 6) is 0.338. The van der Waals surface area contributed by atoms with Crippen molar-refractivity contribution >= 4 is 5.97 Å². The van der Waals surface area contributed by atoms with Crippen LogP contribution in [0.5, 0.6) is 0 Å². The monoisotopic (exact) mass is 243 g/mol. The van der Waals surface area contributed by atoms with Gasteiger partial charge in [0.05, 0.1) is 5.69 Å². The van der Waals surface area contributed by atoms with Crippen LogP contribution in [0, 0.1) is 6.92 Å². The highest BCUT2D eigenvalue weighted by Gasteiger charge is 2.27. The predicted octanol–water partition coefficient (Wildman–Crippen LogP) is 2.15. The van der Waals surface area contributed by atoms with Crippen LogP contribution in [-0.4, -0.2) is 25.8 Å². The maximum absolute atomic E-state index is 11.0. The molecule has 0 bridgehead atoms. The maximum atomic E-state index is 11.0. The normalized spacial score (nSPS) is 14.7. The summed E-state index contributed by atoms with van der Waals surface area (Å²) >= 11 is 0. The maximum Gasteiger partial charge on any atom is 0.339 e. The van der Waals surface area contributed by atoms with Crippen LogP contribution in [0.4, 0.5) is 0 Å². The summed E-state index contributed by atoms with van der Waals surface area (Å²) in [5, 5.41) is 13.3. The molecule has 3 rings (SSSR count). The molecule has 0 radical (unpaired) electrons. The Balaban J connectivity index is 2.09. The molecule has 0 unspecified atom stereocenters. The number of aryl methyl sites for hydroxylation is 1. The molecule has 0 aromatic carbocycles. The zero-order chi connectivity index (χ0) is 12.7. The molecule has 1 saturated carbocycles. The van der Waals surface area contributed by atoms with E-state index in [1.807, 2.05) is 12.1 Å². The number of hydrogen-bond donors (Lipinski definition) is 1. The Bertz CT molecular complexity index is 614. The Labute approximate surface area is 104 Å². The first kappa shape index (κ1) is 11.0. The average molecular weight is 243 g/mol. The second kappa shape index (κ2) is 3.94. The van der Waals surface area contributed by atoms with Gasteiger partial charge in [0, 0.05) is 12.4 Å². The highest BCUT2D eigenvalue weighted by Crippen LogP contribution is 2.41. The highest BCUT2D eigenvalue weighted by atomic mass is 16.4. The molecule has 1 aliphatic carbocycles. The smallest absolute Gasteiger partial charge is 0.339 e. The van der Waals surface area contributed by atoms with Gasteiger partial charge in [0.15, 0.2) is 5.82 Å². The Hall–Kier alpha value is -2.17. The Morgan fingerprint density at radius 1 is 1.50 bits per heavy atom. The fourth-order valence-electron chi connectivity index (χ4n) is 2.09. The van der Waals surface area contributed by atoms with Crippen molar-refractivity contribution in [1.82, 2.24) is 14.8 Å². The Morgan fingerprint density at radius 3 is 2.89 bits per heavy atom. The van der Waals surface area contributed by atoms with E-state index in [0.717, 1.165) is 11.4 Å². The Kier molecular flexibility index (Phi) is 2.40. The molecule has 2 aromatic rings. The van der Waals surface area contributed by atoms with Crippen LogP contribution < -0.4 is 0 Å². The van der Waals surface area contributed by atoms with Crippen molar-refractivity contribution in [2.75, 3.05) is 0 Å². The number of carbonyl (C=O) groups is 1. The Morgan fingerprint density at radius 2 is 2.28 bits per heavy atom. The molecule has 92 valence electrons. The number of aromatic nitrogens is 3. The quantitative estimate of drug-likeness (QED) is 0.896. The van der Waals surface area contributed by atoms with Crippen molar-refractivity contribution < 1.29 is 9.90 Å². The summed E-state index contributed by atoms with van der Waals surface area (Å²) in [5.41, 5.74) is 1.88. The topological polar surface area (TPSA) is 68.0 Å². The van der Waals surface area contributed by atoms with Crippen LogP contribution in [-0.2, 0) is 0 Å². The van der Waals surface area contributed by atoms with E-state index >= 15 is 0 Å². The SMILES string of the molecule is Cc1nn(-c2ncccc2C2CC2)cc1C(=O)O. The largest absolute Gasteiger partial charge is 0.478 e. The van der Waals surface area contributed by atoms with Gasteiger partial charge in [0.2, 0.25) is 0 Å². The van der Waals surface area contributed by atoms with E-state index in [0.29, 0.717) is 11.6 Å². The molecule has 1 N–H and O–H groups in total. The molecule has 1 fully saturated rings. The van der Waals surface area contributed by atoms with E-state index in [-0.39, 0.29) is 5.56 Å². The lowest BCUT2D eigenvalue weighted by molar-refractivity contribution is 0.0696. The zero-order valence-corrected chi connectivity index (χ0v) is 10.00. The van der Waals surface area contributed by atoms with Crippen LogP contribution in [0.2, 0.25) is 0 Å². The number of carboxylic acid groups (broad SMARTS) is 1. The lowest BCUT2D eigenvalue weighted by Crippen LogP contribution is -2.02. The van der Waals surface area contributed by atoms with Crippen LogP contribution >= 0.6 is 0 Å². The third kappa shape index (κ3) is 1.77. The lowest BCUT2D eigenvalue weighted by Gasteiger charge is -2.06. The van der Waals surface area contributed by atoms with Gasteiger partial charge < -0.3 is 5.11 Å². The van der Waals surface area contributed by atoms with Crippen molar-refractivity contribution in [2.24, 2.45) is 0 Å². The lowest BCUT2D eigenvalue weighted by atomic mass is 10.1. The minimum Gasteiger partial charge on any atom is -0.478 e. The second-order valence-electron chi connectivity index (χ2n) is 4.57. The van der Waals surface area contributed by atoms with Crippen molar-refractivity contribution in [3.8, 4) is 5.82 Å². The number of hydrogen-bond acceptors (Lipinski definition) is 3. The minimum atomic E-state index is -0.956. The molecule has 0 spiro atoms. The number of nitrogens with zero attached hydrogens (tertiary/aromatic N) is 3. The summed E-state index contributed by atoms with van der Waals surface area (Å²) in [6.07, 6.45) is 5.58. The molecule has 2 heterocycles. The molecule has 5 heteroatoms. The first-order valence-corrected chi connectivity index (χ1v) is 5.91.